The molecule has 25 heavy (non-hydrogen) atoms. The minimum atomic E-state index is -0.238. The maximum absolute atomic E-state index is 6.01. The van der Waals surface area contributed by atoms with Crippen molar-refractivity contribution in [2.75, 3.05) is 23.6 Å². The molecule has 8 heteroatoms. The van der Waals surface area contributed by atoms with Gasteiger partial charge in [0.05, 0.1) is 0 Å². The summed E-state index contributed by atoms with van der Waals surface area (Å²) in [4.78, 5) is 19.1. The third kappa shape index (κ3) is 4.45. The number of alkyl halides is 2. The molecule has 6 nitrogen and oxygen atoms in total. The van der Waals surface area contributed by atoms with Crippen molar-refractivity contribution < 1.29 is 0 Å². The average molecular weight is 379 g/mol. The fourth-order valence-electron chi connectivity index (χ4n) is 2.71. The lowest BCUT2D eigenvalue weighted by molar-refractivity contribution is 0.229. The van der Waals surface area contributed by atoms with Crippen molar-refractivity contribution in [1.82, 2.24) is 4.90 Å². The number of halogens is 2. The lowest BCUT2D eigenvalue weighted by Gasteiger charge is -2.27. The van der Waals surface area contributed by atoms with E-state index in [9.17, 15) is 0 Å². The molecule has 2 aliphatic heterocycles. The van der Waals surface area contributed by atoms with Crippen LogP contribution in [0.5, 0.6) is 0 Å². The molecule has 0 bridgehead atoms. The third-order valence-electron chi connectivity index (χ3n) is 4.10. The van der Waals surface area contributed by atoms with E-state index in [0.717, 1.165) is 24.6 Å². The third-order valence-corrected chi connectivity index (χ3v) is 4.72. The summed E-state index contributed by atoms with van der Waals surface area (Å²) in [5, 5.41) is 3.33. The maximum atomic E-state index is 6.01. The van der Waals surface area contributed by atoms with Crippen LogP contribution in [-0.4, -0.2) is 59.6 Å². The predicted octanol–water partition coefficient (Wildman–Crippen LogP) is 3.02. The number of fused-ring (bicyclic) bond motifs is 1. The van der Waals surface area contributed by atoms with Crippen LogP contribution in [0.2, 0.25) is 0 Å². The van der Waals surface area contributed by atoms with Gasteiger partial charge in [-0.3, -0.25) is 9.89 Å². The number of hydrogen-bond donors (Lipinski definition) is 1. The molecule has 1 N–H and O–H groups in total. The molecule has 0 amide bonds. The van der Waals surface area contributed by atoms with Crippen molar-refractivity contribution in [1.29, 1.82) is 0 Å². The van der Waals surface area contributed by atoms with E-state index in [-0.39, 0.29) is 12.1 Å². The predicted molar refractivity (Wildman–Crippen MR) is 107 cm³/mol. The van der Waals surface area contributed by atoms with E-state index in [2.05, 4.69) is 49.2 Å². The highest BCUT2D eigenvalue weighted by atomic mass is 35.5. The summed E-state index contributed by atoms with van der Waals surface area (Å²) in [6, 6.07) is 8.25. The molecule has 0 saturated heterocycles. The van der Waals surface area contributed by atoms with E-state index < -0.39 is 0 Å². The van der Waals surface area contributed by atoms with Crippen molar-refractivity contribution in [2.24, 2.45) is 20.0 Å². The molecule has 1 aromatic carbocycles. The topological polar surface area (TPSA) is 64.7 Å². The van der Waals surface area contributed by atoms with Gasteiger partial charge in [0.1, 0.15) is 18.5 Å². The fourth-order valence-corrected chi connectivity index (χ4v) is 3.12. The highest BCUT2D eigenvalue weighted by molar-refractivity contribution is 6.23. The summed E-state index contributed by atoms with van der Waals surface area (Å²) in [5.41, 5.74) is 2.14. The van der Waals surface area contributed by atoms with Crippen LogP contribution in [0, 0.1) is 0 Å². The van der Waals surface area contributed by atoms with Gasteiger partial charge in [0, 0.05) is 36.6 Å². The summed E-state index contributed by atoms with van der Waals surface area (Å²) in [7, 11) is 0. The Morgan fingerprint density at radius 3 is 2.92 bits per heavy atom. The Morgan fingerprint density at radius 2 is 2.12 bits per heavy atom. The molecule has 0 saturated carbocycles. The van der Waals surface area contributed by atoms with Gasteiger partial charge in [-0.1, -0.05) is 12.1 Å². The molecule has 0 aliphatic carbocycles. The molecular formula is C17H20Cl2N6. The molecule has 0 aromatic heterocycles. The maximum Gasteiger partial charge on any atom is 0.169 e. The quantitative estimate of drug-likeness (QED) is 0.741. The van der Waals surface area contributed by atoms with Crippen LogP contribution in [0.4, 0.5) is 5.69 Å². The normalized spacial score (nSPS) is 19.6. The summed E-state index contributed by atoms with van der Waals surface area (Å²) in [5.74, 6) is 2.55. The van der Waals surface area contributed by atoms with Gasteiger partial charge in [-0.2, -0.15) is 0 Å². The van der Waals surface area contributed by atoms with Gasteiger partial charge < -0.3 is 5.32 Å². The lowest BCUT2D eigenvalue weighted by Crippen LogP contribution is -2.35. The van der Waals surface area contributed by atoms with E-state index >= 15 is 0 Å². The Kier molecular flexibility index (Phi) is 6.18. The zero-order valence-corrected chi connectivity index (χ0v) is 15.5. The van der Waals surface area contributed by atoms with E-state index in [1.165, 1.54) is 18.2 Å². The molecule has 2 heterocycles. The zero-order valence-electron chi connectivity index (χ0n) is 13.9. The smallest absolute Gasteiger partial charge is 0.169 e. The van der Waals surface area contributed by atoms with Gasteiger partial charge in [0.15, 0.2) is 11.9 Å². The van der Waals surface area contributed by atoms with E-state index in [1.807, 2.05) is 12.1 Å². The van der Waals surface area contributed by atoms with Gasteiger partial charge in [-0.15, -0.1) is 23.2 Å². The number of hydrogen-bond acceptors (Lipinski definition) is 6. The Balaban J connectivity index is 1.71. The average Bonchev–Trinajstić information content (AvgIpc) is 3.11. The standard InChI is InChI=1S/C17H20Cl2N6/c1-12(8-19)25(6-5-18)9-13-3-2-4-14(7-13)24-17-15-16(21-10-20-15)22-11-23-17/h2-4,7,10-12,15H,5-6,8-9H2,1H3,(H,20,21,22,23,24). The van der Waals surface area contributed by atoms with Crippen LogP contribution in [0.25, 0.3) is 0 Å². The molecular weight excluding hydrogens is 359 g/mol. The second-order valence-electron chi connectivity index (χ2n) is 5.90. The molecule has 0 radical (unpaired) electrons. The van der Waals surface area contributed by atoms with Crippen LogP contribution >= 0.6 is 23.2 Å². The lowest BCUT2D eigenvalue weighted by atomic mass is 10.1. The van der Waals surface area contributed by atoms with Crippen molar-refractivity contribution in [3.05, 3.63) is 29.8 Å². The first kappa shape index (κ1) is 18.0. The van der Waals surface area contributed by atoms with Gasteiger partial charge in [-0.05, 0) is 24.6 Å². The molecule has 2 aliphatic rings. The molecule has 1 aromatic rings. The summed E-state index contributed by atoms with van der Waals surface area (Å²) < 4.78 is 0. The molecule has 3 rings (SSSR count). The van der Waals surface area contributed by atoms with Crippen LogP contribution < -0.4 is 5.32 Å². The van der Waals surface area contributed by atoms with Crippen molar-refractivity contribution in [3.63, 3.8) is 0 Å². The summed E-state index contributed by atoms with van der Waals surface area (Å²) >= 11 is 11.9. The van der Waals surface area contributed by atoms with E-state index in [1.54, 1.807) is 0 Å². The number of aliphatic imine (C=N–C) groups is 4. The Bertz CT molecular complexity index is 728. The number of rotatable bonds is 7. The highest BCUT2D eigenvalue weighted by Crippen LogP contribution is 2.17. The van der Waals surface area contributed by atoms with Gasteiger partial charge in [0.25, 0.3) is 0 Å². The zero-order chi connectivity index (χ0) is 17.6. The second-order valence-corrected chi connectivity index (χ2v) is 6.59. The first-order chi connectivity index (χ1) is 12.2. The number of nitrogens with zero attached hydrogens (tertiary/aromatic N) is 5. The number of anilines is 1. The van der Waals surface area contributed by atoms with Crippen LogP contribution in [0.1, 0.15) is 12.5 Å². The first-order valence-electron chi connectivity index (χ1n) is 8.12. The molecule has 132 valence electrons. The van der Waals surface area contributed by atoms with Crippen molar-refractivity contribution in [2.45, 2.75) is 25.6 Å². The van der Waals surface area contributed by atoms with Crippen LogP contribution in [0.3, 0.4) is 0 Å². The fraction of sp³-hybridized carbons (Fsp3) is 0.412. The minimum absolute atomic E-state index is 0.238. The molecule has 0 spiro atoms. The van der Waals surface area contributed by atoms with Crippen LogP contribution in [0.15, 0.2) is 44.2 Å². The SMILES string of the molecule is CC(CCl)N(CCCl)Cc1cccc(NC2=NC=NC3=NC=NC32)c1. The van der Waals surface area contributed by atoms with Gasteiger partial charge in [-0.25, -0.2) is 15.0 Å². The monoisotopic (exact) mass is 378 g/mol. The second kappa shape index (κ2) is 8.56. The Morgan fingerprint density at radius 1 is 1.24 bits per heavy atom. The highest BCUT2D eigenvalue weighted by Gasteiger charge is 2.26. The van der Waals surface area contributed by atoms with Crippen molar-refractivity contribution in [3.8, 4) is 0 Å². The van der Waals surface area contributed by atoms with Crippen molar-refractivity contribution >= 4 is 53.2 Å². The Hall–Kier alpha value is -1.76. The number of amidine groups is 2. The van der Waals surface area contributed by atoms with Gasteiger partial charge in [0.2, 0.25) is 0 Å². The van der Waals surface area contributed by atoms with E-state index in [0.29, 0.717) is 17.6 Å². The summed E-state index contributed by atoms with van der Waals surface area (Å²) in [6.07, 6.45) is 3.02. The number of nitrogens with one attached hydrogen (secondary N) is 1. The Labute approximate surface area is 157 Å². The summed E-state index contributed by atoms with van der Waals surface area (Å²) in [6.45, 7) is 3.70. The largest absolute Gasteiger partial charge is 0.341 e. The van der Waals surface area contributed by atoms with E-state index in [4.69, 9.17) is 23.2 Å². The number of benzene rings is 1. The molecule has 2 unspecified atom stereocenters. The van der Waals surface area contributed by atoms with Gasteiger partial charge >= 0.3 is 0 Å². The van der Waals surface area contributed by atoms with Crippen LogP contribution in [-0.2, 0) is 6.54 Å². The molecule has 0 fully saturated rings. The molecule has 2 atom stereocenters. The minimum Gasteiger partial charge on any atom is -0.341 e. The first-order valence-corrected chi connectivity index (χ1v) is 9.19.